The number of rotatable bonds is 5. The van der Waals surface area contributed by atoms with E-state index in [1.165, 1.54) is 18.5 Å². The third kappa shape index (κ3) is 4.20. The van der Waals surface area contributed by atoms with Crippen LogP contribution in [0.15, 0.2) is 29.4 Å². The van der Waals surface area contributed by atoms with Gasteiger partial charge in [-0.3, -0.25) is 0 Å². The van der Waals surface area contributed by atoms with Gasteiger partial charge < -0.3 is 9.30 Å². The highest BCUT2D eigenvalue weighted by atomic mass is 32.2. The summed E-state index contributed by atoms with van der Waals surface area (Å²) >= 11 is 0. The van der Waals surface area contributed by atoms with Crippen LogP contribution in [-0.2, 0) is 23.1 Å². The number of sulfone groups is 1. The number of nitrogens with zero attached hydrogens (tertiary/aromatic N) is 4. The molecule has 0 radical (unpaired) electrons. The van der Waals surface area contributed by atoms with Crippen molar-refractivity contribution in [2.75, 3.05) is 5.75 Å². The maximum absolute atomic E-state index is 13.2. The summed E-state index contributed by atoms with van der Waals surface area (Å²) in [6.07, 6.45) is -6.42. The van der Waals surface area contributed by atoms with Gasteiger partial charge in [0, 0.05) is 20.0 Å². The van der Waals surface area contributed by atoms with Crippen molar-refractivity contribution in [3.8, 4) is 17.3 Å². The molecular formula is C17H15F5N4O3S. The maximum Gasteiger partial charge on any atom is 0.433 e. The Bertz CT molecular complexity index is 1220. The average Bonchev–Trinajstić information content (AvgIpc) is 2.96. The van der Waals surface area contributed by atoms with Crippen molar-refractivity contribution in [2.24, 2.45) is 7.05 Å². The van der Waals surface area contributed by atoms with Gasteiger partial charge in [-0.25, -0.2) is 23.4 Å². The first-order valence-electron chi connectivity index (χ1n) is 8.42. The molecule has 7 nitrogen and oxygen atoms in total. The Hall–Kier alpha value is -2.83. The van der Waals surface area contributed by atoms with E-state index in [0.717, 1.165) is 24.5 Å². The minimum Gasteiger partial charge on any atom is -0.431 e. The van der Waals surface area contributed by atoms with Crippen molar-refractivity contribution < 1.29 is 35.1 Å². The molecule has 0 atom stereocenters. The third-order valence-electron chi connectivity index (χ3n) is 4.11. The summed E-state index contributed by atoms with van der Waals surface area (Å²) in [7, 11) is -2.54. The summed E-state index contributed by atoms with van der Waals surface area (Å²) in [4.78, 5) is 10.9. The molecule has 0 saturated carbocycles. The van der Waals surface area contributed by atoms with Crippen LogP contribution in [0.25, 0.3) is 22.6 Å². The highest BCUT2D eigenvalue weighted by Gasteiger charge is 2.33. The van der Waals surface area contributed by atoms with Crippen LogP contribution >= 0.6 is 0 Å². The first kappa shape index (κ1) is 21.9. The topological polar surface area (TPSA) is 87.0 Å². The molecule has 3 heterocycles. The van der Waals surface area contributed by atoms with E-state index in [0.29, 0.717) is 6.92 Å². The van der Waals surface area contributed by atoms with Crippen LogP contribution < -0.4 is 4.74 Å². The van der Waals surface area contributed by atoms with Gasteiger partial charge in [-0.2, -0.15) is 22.0 Å². The fourth-order valence-electron chi connectivity index (χ4n) is 2.71. The lowest BCUT2D eigenvalue weighted by molar-refractivity contribution is -0.159. The Labute approximate surface area is 167 Å². The van der Waals surface area contributed by atoms with Crippen LogP contribution in [0, 0.1) is 0 Å². The molecule has 0 saturated heterocycles. The molecule has 0 aliphatic carbocycles. The quantitative estimate of drug-likeness (QED) is 0.549. The van der Waals surface area contributed by atoms with E-state index in [2.05, 4.69) is 19.7 Å². The predicted octanol–water partition coefficient (Wildman–Crippen LogP) is 3.83. The molecule has 0 N–H and O–H groups in total. The van der Waals surface area contributed by atoms with Gasteiger partial charge in [0.1, 0.15) is 22.0 Å². The zero-order valence-electron chi connectivity index (χ0n) is 15.8. The molecule has 0 unspecified atom stereocenters. The van der Waals surface area contributed by atoms with Crippen LogP contribution in [0.5, 0.6) is 5.75 Å². The summed E-state index contributed by atoms with van der Waals surface area (Å²) in [6.45, 7) is 1.82. The molecule has 0 bridgehead atoms. The number of hydrogen-bond acceptors (Lipinski definition) is 6. The van der Waals surface area contributed by atoms with E-state index >= 15 is 0 Å². The first-order chi connectivity index (χ1) is 13.7. The molecule has 0 spiro atoms. The normalized spacial score (nSPS) is 13.1. The molecule has 3 rings (SSSR count). The number of alkyl halides is 5. The highest BCUT2D eigenvalue weighted by molar-refractivity contribution is 7.91. The fraction of sp³-hybridized carbons (Fsp3) is 0.353. The number of aromatic nitrogens is 4. The molecule has 3 aromatic heterocycles. The van der Waals surface area contributed by atoms with Crippen molar-refractivity contribution in [1.82, 2.24) is 19.5 Å². The van der Waals surface area contributed by atoms with E-state index in [9.17, 15) is 30.4 Å². The smallest absolute Gasteiger partial charge is 0.431 e. The standard InChI is InChI=1S/C17H15F5N4O3S/c1-4-30(27,28)12-5-9(29-16(2,18)19)7-24-14(12)15-25-10-6-13(17(20,21)22)23-8-11(10)26(15)3/h5-8H,4H2,1-3H3. The van der Waals surface area contributed by atoms with Gasteiger partial charge in [0.25, 0.3) is 0 Å². The predicted molar refractivity (Wildman–Crippen MR) is 95.7 cm³/mol. The Kier molecular flexibility index (Phi) is 5.21. The third-order valence-corrected chi connectivity index (χ3v) is 5.85. The Morgan fingerprint density at radius 3 is 2.33 bits per heavy atom. The SMILES string of the molecule is CCS(=O)(=O)c1cc(OC(C)(F)F)cnc1-c1nc2cc(C(F)(F)F)ncc2n1C. The number of pyridine rings is 2. The molecule has 0 fully saturated rings. The Morgan fingerprint density at radius 2 is 1.77 bits per heavy atom. The first-order valence-corrected chi connectivity index (χ1v) is 10.1. The van der Waals surface area contributed by atoms with Crippen LogP contribution in [-0.4, -0.2) is 39.8 Å². The number of ether oxygens (including phenoxy) is 1. The summed E-state index contributed by atoms with van der Waals surface area (Å²) in [5.74, 6) is -0.941. The van der Waals surface area contributed by atoms with Gasteiger partial charge in [0.15, 0.2) is 15.7 Å². The molecule has 3 aromatic rings. The lowest BCUT2D eigenvalue weighted by Crippen LogP contribution is -2.20. The van der Waals surface area contributed by atoms with E-state index in [1.54, 1.807) is 0 Å². The zero-order chi connectivity index (χ0) is 22.5. The molecule has 0 amide bonds. The van der Waals surface area contributed by atoms with Crippen molar-refractivity contribution in [2.45, 2.75) is 31.0 Å². The Morgan fingerprint density at radius 1 is 1.10 bits per heavy atom. The summed E-state index contributed by atoms with van der Waals surface area (Å²) in [5.41, 5.74) is -1.27. The highest BCUT2D eigenvalue weighted by Crippen LogP contribution is 2.34. The zero-order valence-corrected chi connectivity index (χ0v) is 16.6. The van der Waals surface area contributed by atoms with Crippen LogP contribution in [0.1, 0.15) is 19.5 Å². The number of hydrogen-bond donors (Lipinski definition) is 0. The minimum absolute atomic E-state index is 0.0760. The number of halogens is 5. The number of imidazole rings is 1. The number of fused-ring (bicyclic) bond motifs is 1. The van der Waals surface area contributed by atoms with Crippen LogP contribution in [0.2, 0.25) is 0 Å². The molecular weight excluding hydrogens is 435 g/mol. The van der Waals surface area contributed by atoms with Gasteiger partial charge in [-0.1, -0.05) is 6.92 Å². The van der Waals surface area contributed by atoms with E-state index in [4.69, 9.17) is 0 Å². The van der Waals surface area contributed by atoms with Gasteiger partial charge >= 0.3 is 12.3 Å². The lowest BCUT2D eigenvalue weighted by Gasteiger charge is -2.15. The lowest BCUT2D eigenvalue weighted by atomic mass is 10.3. The average molecular weight is 450 g/mol. The van der Waals surface area contributed by atoms with Crippen LogP contribution in [0.4, 0.5) is 22.0 Å². The van der Waals surface area contributed by atoms with E-state index < -0.39 is 38.5 Å². The maximum atomic E-state index is 13.2. The van der Waals surface area contributed by atoms with Gasteiger partial charge in [0.05, 0.1) is 29.2 Å². The number of aryl methyl sites for hydroxylation is 1. The summed E-state index contributed by atoms with van der Waals surface area (Å²) in [5, 5.41) is 0. The molecule has 0 aliphatic heterocycles. The van der Waals surface area contributed by atoms with E-state index in [1.807, 2.05) is 0 Å². The monoisotopic (exact) mass is 450 g/mol. The molecule has 162 valence electrons. The molecule has 0 aromatic carbocycles. The van der Waals surface area contributed by atoms with Crippen molar-refractivity contribution in [3.05, 3.63) is 30.2 Å². The molecule has 13 heteroatoms. The largest absolute Gasteiger partial charge is 0.433 e. The van der Waals surface area contributed by atoms with Gasteiger partial charge in [0.2, 0.25) is 0 Å². The second kappa shape index (κ2) is 7.15. The van der Waals surface area contributed by atoms with Crippen molar-refractivity contribution in [3.63, 3.8) is 0 Å². The van der Waals surface area contributed by atoms with Crippen LogP contribution in [0.3, 0.4) is 0 Å². The van der Waals surface area contributed by atoms with Crippen molar-refractivity contribution >= 4 is 20.9 Å². The van der Waals surface area contributed by atoms with Gasteiger partial charge in [-0.15, -0.1) is 0 Å². The van der Waals surface area contributed by atoms with E-state index in [-0.39, 0.29) is 28.3 Å². The second-order valence-electron chi connectivity index (χ2n) is 6.38. The fourth-order valence-corrected chi connectivity index (χ4v) is 3.75. The van der Waals surface area contributed by atoms with Gasteiger partial charge in [-0.05, 0) is 6.07 Å². The molecule has 0 aliphatic rings. The molecule has 30 heavy (non-hydrogen) atoms. The second-order valence-corrected chi connectivity index (χ2v) is 8.63. The Balaban J connectivity index is 2.24. The summed E-state index contributed by atoms with van der Waals surface area (Å²) < 4.78 is 95.9. The summed E-state index contributed by atoms with van der Waals surface area (Å²) in [6, 6.07) is 1.61. The van der Waals surface area contributed by atoms with Crippen molar-refractivity contribution in [1.29, 1.82) is 0 Å². The minimum atomic E-state index is -4.69.